The molecule has 0 atom stereocenters. The number of aryl methyl sites for hydroxylation is 1. The number of nitrogens with one attached hydrogen (secondary N) is 1. The molecule has 2 aromatic rings. The molecule has 0 aliphatic carbocycles. The highest BCUT2D eigenvalue weighted by Gasteiger charge is 2.21. The van der Waals surface area contributed by atoms with Gasteiger partial charge in [-0.15, -0.1) is 5.10 Å². The Morgan fingerprint density at radius 1 is 1.53 bits per heavy atom. The lowest BCUT2D eigenvalue weighted by Gasteiger charge is -2.07. The van der Waals surface area contributed by atoms with Crippen LogP contribution in [0.15, 0.2) is 12.4 Å². The first-order chi connectivity index (χ1) is 9.08. The predicted molar refractivity (Wildman–Crippen MR) is 66.9 cm³/mol. The number of hydrogen-bond acceptors (Lipinski definition) is 7. The van der Waals surface area contributed by atoms with Crippen molar-refractivity contribution in [1.29, 1.82) is 0 Å². The fourth-order valence-electron chi connectivity index (χ4n) is 1.52. The Kier molecular flexibility index (Phi) is 3.85. The SMILES string of the molecule is Cc1nc(Cl)nc(NCCn2ccnn2)c1[N+](=O)[O-]. The Labute approximate surface area is 112 Å². The van der Waals surface area contributed by atoms with Crippen LogP contribution in [-0.2, 0) is 6.54 Å². The van der Waals surface area contributed by atoms with E-state index in [1.807, 2.05) is 0 Å². The summed E-state index contributed by atoms with van der Waals surface area (Å²) in [6.45, 7) is 2.41. The third-order valence-electron chi connectivity index (χ3n) is 2.32. The lowest BCUT2D eigenvalue weighted by molar-refractivity contribution is -0.385. The lowest BCUT2D eigenvalue weighted by Crippen LogP contribution is -2.14. The molecular weight excluding hydrogens is 274 g/mol. The summed E-state index contributed by atoms with van der Waals surface area (Å²) >= 11 is 5.69. The van der Waals surface area contributed by atoms with E-state index in [1.54, 1.807) is 17.1 Å². The molecule has 0 aliphatic heterocycles. The number of nitro groups is 1. The summed E-state index contributed by atoms with van der Waals surface area (Å²) < 4.78 is 1.59. The predicted octanol–water partition coefficient (Wildman–Crippen LogP) is 1.05. The minimum atomic E-state index is -0.538. The Morgan fingerprint density at radius 2 is 2.32 bits per heavy atom. The monoisotopic (exact) mass is 283 g/mol. The summed E-state index contributed by atoms with van der Waals surface area (Å²) in [5, 5.41) is 21.2. The number of halogens is 1. The smallest absolute Gasteiger partial charge is 0.332 e. The first-order valence-electron chi connectivity index (χ1n) is 5.34. The van der Waals surface area contributed by atoms with Crippen molar-refractivity contribution in [1.82, 2.24) is 25.0 Å². The molecule has 0 saturated carbocycles. The molecule has 2 aromatic heterocycles. The van der Waals surface area contributed by atoms with Gasteiger partial charge in [0.15, 0.2) is 0 Å². The molecule has 2 heterocycles. The molecule has 19 heavy (non-hydrogen) atoms. The van der Waals surface area contributed by atoms with Gasteiger partial charge in [-0.3, -0.25) is 14.8 Å². The maximum absolute atomic E-state index is 11.0. The molecule has 10 heteroatoms. The van der Waals surface area contributed by atoms with E-state index in [4.69, 9.17) is 11.6 Å². The van der Waals surface area contributed by atoms with E-state index in [-0.39, 0.29) is 22.5 Å². The van der Waals surface area contributed by atoms with Gasteiger partial charge in [-0.05, 0) is 18.5 Å². The van der Waals surface area contributed by atoms with E-state index in [1.165, 1.54) is 6.92 Å². The van der Waals surface area contributed by atoms with Crippen LogP contribution in [0.25, 0.3) is 0 Å². The first-order valence-corrected chi connectivity index (χ1v) is 5.72. The summed E-state index contributed by atoms with van der Waals surface area (Å²) in [6, 6.07) is 0. The average Bonchev–Trinajstić information content (AvgIpc) is 2.80. The van der Waals surface area contributed by atoms with Crippen LogP contribution < -0.4 is 5.32 Å². The molecular formula is C9H10ClN7O2. The second-order valence-electron chi connectivity index (χ2n) is 3.63. The highest BCUT2D eigenvalue weighted by Crippen LogP contribution is 2.26. The normalized spacial score (nSPS) is 10.4. The first kappa shape index (κ1) is 13.1. The Bertz CT molecular complexity index is 587. The third kappa shape index (κ3) is 3.13. The van der Waals surface area contributed by atoms with Crippen LogP contribution in [0, 0.1) is 17.0 Å². The summed E-state index contributed by atoms with van der Waals surface area (Å²) in [7, 11) is 0. The van der Waals surface area contributed by atoms with Gasteiger partial charge in [0.1, 0.15) is 5.69 Å². The second kappa shape index (κ2) is 5.57. The summed E-state index contributed by atoms with van der Waals surface area (Å²) in [4.78, 5) is 18.0. The minimum absolute atomic E-state index is 0.0358. The molecule has 0 amide bonds. The van der Waals surface area contributed by atoms with Gasteiger partial charge in [0, 0.05) is 12.7 Å². The van der Waals surface area contributed by atoms with E-state index >= 15 is 0 Å². The van der Waals surface area contributed by atoms with Crippen molar-refractivity contribution in [3.8, 4) is 0 Å². The van der Waals surface area contributed by atoms with Crippen LogP contribution >= 0.6 is 11.6 Å². The van der Waals surface area contributed by atoms with Crippen molar-refractivity contribution in [2.45, 2.75) is 13.5 Å². The quantitative estimate of drug-likeness (QED) is 0.496. The summed E-state index contributed by atoms with van der Waals surface area (Å²) in [5.74, 6) is 0.0996. The van der Waals surface area contributed by atoms with E-state index in [0.717, 1.165) is 0 Å². The molecule has 0 radical (unpaired) electrons. The van der Waals surface area contributed by atoms with Gasteiger partial charge in [0.05, 0.1) is 17.7 Å². The van der Waals surface area contributed by atoms with Gasteiger partial charge in [-0.2, -0.15) is 4.98 Å². The molecule has 0 unspecified atom stereocenters. The Hall–Kier alpha value is -2.29. The highest BCUT2D eigenvalue weighted by molar-refractivity contribution is 6.28. The van der Waals surface area contributed by atoms with Crippen LogP contribution in [0.2, 0.25) is 5.28 Å². The number of aromatic nitrogens is 5. The summed E-state index contributed by atoms with van der Waals surface area (Å²) in [6.07, 6.45) is 3.24. The van der Waals surface area contributed by atoms with Crippen molar-refractivity contribution in [3.63, 3.8) is 0 Å². The van der Waals surface area contributed by atoms with E-state index in [2.05, 4.69) is 25.6 Å². The van der Waals surface area contributed by atoms with Crippen molar-refractivity contribution in [3.05, 3.63) is 33.5 Å². The largest absolute Gasteiger partial charge is 0.362 e. The maximum atomic E-state index is 11.0. The van der Waals surface area contributed by atoms with Crippen LogP contribution in [0.4, 0.5) is 11.5 Å². The van der Waals surface area contributed by atoms with E-state index in [9.17, 15) is 10.1 Å². The minimum Gasteiger partial charge on any atom is -0.362 e. The fourth-order valence-corrected chi connectivity index (χ4v) is 1.73. The zero-order chi connectivity index (χ0) is 13.8. The zero-order valence-corrected chi connectivity index (χ0v) is 10.7. The Morgan fingerprint density at radius 3 is 2.95 bits per heavy atom. The molecule has 0 aliphatic rings. The van der Waals surface area contributed by atoms with Crippen LogP contribution in [0.5, 0.6) is 0 Å². The van der Waals surface area contributed by atoms with Gasteiger partial charge in [-0.1, -0.05) is 5.21 Å². The van der Waals surface area contributed by atoms with Crippen molar-refractivity contribution in [2.75, 3.05) is 11.9 Å². The maximum Gasteiger partial charge on any atom is 0.332 e. The molecule has 0 saturated heterocycles. The molecule has 9 nitrogen and oxygen atoms in total. The fraction of sp³-hybridized carbons (Fsp3) is 0.333. The lowest BCUT2D eigenvalue weighted by atomic mass is 10.3. The van der Waals surface area contributed by atoms with Crippen LogP contribution in [0.1, 0.15) is 5.69 Å². The molecule has 0 aromatic carbocycles. The standard InChI is InChI=1S/C9H10ClN7O2/c1-6-7(17(18)19)8(14-9(10)13-6)11-2-4-16-5-3-12-15-16/h3,5H,2,4H2,1H3,(H,11,13,14). The molecule has 2 rings (SSSR count). The molecule has 0 bridgehead atoms. The van der Waals surface area contributed by atoms with E-state index in [0.29, 0.717) is 13.1 Å². The number of anilines is 1. The van der Waals surface area contributed by atoms with Crippen LogP contribution in [-0.4, -0.2) is 36.4 Å². The molecule has 1 N–H and O–H groups in total. The van der Waals surface area contributed by atoms with Crippen molar-refractivity contribution < 1.29 is 4.92 Å². The highest BCUT2D eigenvalue weighted by atomic mass is 35.5. The average molecular weight is 284 g/mol. The van der Waals surface area contributed by atoms with E-state index < -0.39 is 4.92 Å². The van der Waals surface area contributed by atoms with Gasteiger partial charge >= 0.3 is 5.69 Å². The molecule has 0 fully saturated rings. The second-order valence-corrected chi connectivity index (χ2v) is 3.96. The number of rotatable bonds is 5. The zero-order valence-electron chi connectivity index (χ0n) is 9.95. The van der Waals surface area contributed by atoms with Gasteiger partial charge in [0.2, 0.25) is 11.1 Å². The van der Waals surface area contributed by atoms with Crippen molar-refractivity contribution >= 4 is 23.1 Å². The van der Waals surface area contributed by atoms with Crippen LogP contribution in [0.3, 0.4) is 0 Å². The van der Waals surface area contributed by atoms with Gasteiger partial charge in [0.25, 0.3) is 0 Å². The topological polar surface area (TPSA) is 112 Å². The molecule has 0 spiro atoms. The molecule has 100 valence electrons. The van der Waals surface area contributed by atoms with Gasteiger partial charge in [-0.25, -0.2) is 4.98 Å². The third-order valence-corrected chi connectivity index (χ3v) is 2.49. The Balaban J connectivity index is 2.12. The number of nitrogens with zero attached hydrogens (tertiary/aromatic N) is 6. The van der Waals surface area contributed by atoms with Crippen molar-refractivity contribution in [2.24, 2.45) is 0 Å². The van der Waals surface area contributed by atoms with Gasteiger partial charge < -0.3 is 5.32 Å². The summed E-state index contributed by atoms with van der Waals surface area (Å²) in [5.41, 5.74) is 0.0382. The number of hydrogen-bond donors (Lipinski definition) is 1.